The third-order valence-corrected chi connectivity index (χ3v) is 4.75. The first kappa shape index (κ1) is 15.5. The summed E-state index contributed by atoms with van der Waals surface area (Å²) in [5.41, 5.74) is 10.3. The second kappa shape index (κ2) is 6.25. The van der Waals surface area contributed by atoms with E-state index in [9.17, 15) is 0 Å². The standard InChI is InChI=1S/C17H29N3/c1-14-6-5-7-15(2)16(14)12-19-8-10-20(11-9-19)17(3,4)13-18/h5-7H,8-13,18H2,1-4H3. The van der Waals surface area contributed by atoms with E-state index in [2.05, 4.69) is 55.7 Å². The van der Waals surface area contributed by atoms with Crippen LogP contribution in [0, 0.1) is 13.8 Å². The Labute approximate surface area is 123 Å². The molecule has 0 amide bonds. The number of benzene rings is 1. The molecule has 0 unspecified atom stereocenters. The first-order chi connectivity index (χ1) is 9.44. The highest BCUT2D eigenvalue weighted by Crippen LogP contribution is 2.19. The molecule has 0 saturated carbocycles. The van der Waals surface area contributed by atoms with Gasteiger partial charge in [0.2, 0.25) is 0 Å². The van der Waals surface area contributed by atoms with Crippen LogP contribution in [0.15, 0.2) is 18.2 Å². The van der Waals surface area contributed by atoms with E-state index in [1.807, 2.05) is 0 Å². The van der Waals surface area contributed by atoms with Gasteiger partial charge in [-0.15, -0.1) is 0 Å². The summed E-state index contributed by atoms with van der Waals surface area (Å²) in [7, 11) is 0. The Balaban J connectivity index is 1.95. The third-order valence-electron chi connectivity index (χ3n) is 4.75. The van der Waals surface area contributed by atoms with Crippen LogP contribution in [0.5, 0.6) is 0 Å². The van der Waals surface area contributed by atoms with E-state index in [4.69, 9.17) is 5.73 Å². The molecule has 0 atom stereocenters. The summed E-state index contributed by atoms with van der Waals surface area (Å²) in [6.07, 6.45) is 0. The highest BCUT2D eigenvalue weighted by molar-refractivity contribution is 5.33. The van der Waals surface area contributed by atoms with Crippen molar-refractivity contribution in [3.05, 3.63) is 34.9 Å². The summed E-state index contributed by atoms with van der Waals surface area (Å²) >= 11 is 0. The van der Waals surface area contributed by atoms with Crippen molar-refractivity contribution in [3.63, 3.8) is 0 Å². The van der Waals surface area contributed by atoms with E-state index in [1.165, 1.54) is 16.7 Å². The molecule has 0 radical (unpaired) electrons. The molecule has 0 bridgehead atoms. The van der Waals surface area contributed by atoms with Gasteiger partial charge in [-0.05, 0) is 44.4 Å². The fourth-order valence-electron chi connectivity index (χ4n) is 2.96. The van der Waals surface area contributed by atoms with Crippen LogP contribution in [0.2, 0.25) is 0 Å². The van der Waals surface area contributed by atoms with Gasteiger partial charge in [0.1, 0.15) is 0 Å². The number of rotatable bonds is 4. The van der Waals surface area contributed by atoms with Gasteiger partial charge in [0.25, 0.3) is 0 Å². The molecule has 112 valence electrons. The molecule has 2 N–H and O–H groups in total. The second-order valence-corrected chi connectivity index (χ2v) is 6.65. The van der Waals surface area contributed by atoms with E-state index in [0.717, 1.165) is 39.3 Å². The minimum absolute atomic E-state index is 0.130. The van der Waals surface area contributed by atoms with Gasteiger partial charge in [0.15, 0.2) is 0 Å². The molecule has 1 aromatic carbocycles. The fraction of sp³-hybridized carbons (Fsp3) is 0.647. The van der Waals surface area contributed by atoms with Crippen molar-refractivity contribution in [2.75, 3.05) is 32.7 Å². The van der Waals surface area contributed by atoms with Gasteiger partial charge < -0.3 is 5.73 Å². The zero-order chi connectivity index (χ0) is 14.8. The van der Waals surface area contributed by atoms with Crippen molar-refractivity contribution in [1.29, 1.82) is 0 Å². The van der Waals surface area contributed by atoms with Crippen LogP contribution in [-0.4, -0.2) is 48.1 Å². The molecule has 3 heteroatoms. The van der Waals surface area contributed by atoms with Crippen LogP contribution in [0.4, 0.5) is 0 Å². The Morgan fingerprint density at radius 3 is 2.10 bits per heavy atom. The predicted molar refractivity (Wildman–Crippen MR) is 85.9 cm³/mol. The largest absolute Gasteiger partial charge is 0.329 e. The SMILES string of the molecule is Cc1cccc(C)c1CN1CCN(C(C)(C)CN)CC1. The highest BCUT2D eigenvalue weighted by atomic mass is 15.3. The third kappa shape index (κ3) is 3.40. The van der Waals surface area contributed by atoms with Crippen LogP contribution in [-0.2, 0) is 6.54 Å². The number of nitrogens with zero attached hydrogens (tertiary/aromatic N) is 2. The van der Waals surface area contributed by atoms with Gasteiger partial charge in [-0.1, -0.05) is 18.2 Å². The number of hydrogen-bond acceptors (Lipinski definition) is 3. The minimum Gasteiger partial charge on any atom is -0.329 e. The zero-order valence-electron chi connectivity index (χ0n) is 13.4. The maximum atomic E-state index is 5.88. The van der Waals surface area contributed by atoms with E-state index in [-0.39, 0.29) is 5.54 Å². The average Bonchev–Trinajstić information content (AvgIpc) is 2.43. The van der Waals surface area contributed by atoms with Gasteiger partial charge in [0, 0.05) is 44.8 Å². The summed E-state index contributed by atoms with van der Waals surface area (Å²) in [5, 5.41) is 0. The normalized spacial score (nSPS) is 18.4. The summed E-state index contributed by atoms with van der Waals surface area (Å²) in [4.78, 5) is 5.09. The smallest absolute Gasteiger partial charge is 0.0276 e. The molecular formula is C17H29N3. The van der Waals surface area contributed by atoms with Crippen LogP contribution >= 0.6 is 0 Å². The van der Waals surface area contributed by atoms with Crippen molar-refractivity contribution >= 4 is 0 Å². The highest BCUT2D eigenvalue weighted by Gasteiger charge is 2.28. The van der Waals surface area contributed by atoms with Crippen LogP contribution in [0.3, 0.4) is 0 Å². The summed E-state index contributed by atoms with van der Waals surface area (Å²) in [6.45, 7) is 15.2. The lowest BCUT2D eigenvalue weighted by atomic mass is 10.0. The molecule has 20 heavy (non-hydrogen) atoms. The molecule has 3 nitrogen and oxygen atoms in total. The summed E-state index contributed by atoms with van der Waals surface area (Å²) in [5.74, 6) is 0. The van der Waals surface area contributed by atoms with Crippen molar-refractivity contribution in [3.8, 4) is 0 Å². The summed E-state index contributed by atoms with van der Waals surface area (Å²) in [6, 6.07) is 6.59. The van der Waals surface area contributed by atoms with Crippen molar-refractivity contribution in [1.82, 2.24) is 9.80 Å². The van der Waals surface area contributed by atoms with Gasteiger partial charge in [-0.25, -0.2) is 0 Å². The monoisotopic (exact) mass is 275 g/mol. The van der Waals surface area contributed by atoms with Crippen molar-refractivity contribution in [2.45, 2.75) is 39.8 Å². The quantitative estimate of drug-likeness (QED) is 0.914. The Kier molecular flexibility index (Phi) is 4.84. The maximum absolute atomic E-state index is 5.88. The van der Waals surface area contributed by atoms with Crippen LogP contribution in [0.1, 0.15) is 30.5 Å². The van der Waals surface area contributed by atoms with Gasteiger partial charge >= 0.3 is 0 Å². The van der Waals surface area contributed by atoms with E-state index in [0.29, 0.717) is 0 Å². The molecule has 1 aliphatic heterocycles. The zero-order valence-corrected chi connectivity index (χ0v) is 13.4. The lowest BCUT2D eigenvalue weighted by Crippen LogP contribution is -2.57. The van der Waals surface area contributed by atoms with E-state index in [1.54, 1.807) is 0 Å². The van der Waals surface area contributed by atoms with Crippen molar-refractivity contribution in [2.24, 2.45) is 5.73 Å². The molecule has 1 aliphatic rings. The molecule has 1 saturated heterocycles. The number of piperazine rings is 1. The molecule has 0 aromatic heterocycles. The lowest BCUT2D eigenvalue weighted by Gasteiger charge is -2.43. The first-order valence-electron chi connectivity index (χ1n) is 7.66. The Bertz CT molecular complexity index is 425. The van der Waals surface area contributed by atoms with Gasteiger partial charge in [-0.2, -0.15) is 0 Å². The predicted octanol–water partition coefficient (Wildman–Crippen LogP) is 2.16. The molecule has 0 spiro atoms. The lowest BCUT2D eigenvalue weighted by molar-refractivity contribution is 0.0536. The Morgan fingerprint density at radius 1 is 1.05 bits per heavy atom. The van der Waals surface area contributed by atoms with Crippen molar-refractivity contribution < 1.29 is 0 Å². The van der Waals surface area contributed by atoms with Gasteiger partial charge in [0.05, 0.1) is 0 Å². The molecule has 2 rings (SSSR count). The molecule has 1 aromatic rings. The van der Waals surface area contributed by atoms with Gasteiger partial charge in [-0.3, -0.25) is 9.80 Å². The second-order valence-electron chi connectivity index (χ2n) is 6.65. The van der Waals surface area contributed by atoms with E-state index >= 15 is 0 Å². The summed E-state index contributed by atoms with van der Waals surface area (Å²) < 4.78 is 0. The molecule has 0 aliphatic carbocycles. The number of nitrogens with two attached hydrogens (primary N) is 1. The van der Waals surface area contributed by atoms with Crippen LogP contribution in [0.25, 0.3) is 0 Å². The molecular weight excluding hydrogens is 246 g/mol. The maximum Gasteiger partial charge on any atom is 0.0276 e. The molecule has 1 fully saturated rings. The first-order valence-corrected chi connectivity index (χ1v) is 7.66. The van der Waals surface area contributed by atoms with Crippen LogP contribution < -0.4 is 5.73 Å². The average molecular weight is 275 g/mol. The number of hydrogen-bond donors (Lipinski definition) is 1. The Hall–Kier alpha value is -0.900. The van der Waals surface area contributed by atoms with E-state index < -0.39 is 0 Å². The fourth-order valence-corrected chi connectivity index (χ4v) is 2.96. The topological polar surface area (TPSA) is 32.5 Å². The minimum atomic E-state index is 0.130. The number of aryl methyl sites for hydroxylation is 2. The Morgan fingerprint density at radius 2 is 1.60 bits per heavy atom. The molecule has 1 heterocycles.